The molecule has 0 amide bonds. The van der Waals surface area contributed by atoms with Crippen molar-refractivity contribution in [3.63, 3.8) is 0 Å². The third kappa shape index (κ3) is 4.75. The van der Waals surface area contributed by atoms with Gasteiger partial charge in [0.2, 0.25) is 0 Å². The van der Waals surface area contributed by atoms with Gasteiger partial charge < -0.3 is 24.8 Å². The minimum atomic E-state index is -0.513. The number of rotatable bonds is 5. The first-order valence-corrected chi connectivity index (χ1v) is 12.8. The fourth-order valence-electron chi connectivity index (χ4n) is 3.99. The average molecular weight is 483 g/mol. The van der Waals surface area contributed by atoms with Crippen molar-refractivity contribution in [2.24, 2.45) is 0 Å². The van der Waals surface area contributed by atoms with Gasteiger partial charge in [0.05, 0.1) is 0 Å². The van der Waals surface area contributed by atoms with Crippen LogP contribution in [0, 0.1) is 0 Å². The number of halogens is 2. The third-order valence-electron chi connectivity index (χ3n) is 5.29. The zero-order valence-electron chi connectivity index (χ0n) is 16.4. The Kier molecular flexibility index (Phi) is 8.35. The van der Waals surface area contributed by atoms with Crippen molar-refractivity contribution in [1.82, 2.24) is 0 Å². The van der Waals surface area contributed by atoms with Crippen molar-refractivity contribution in [1.29, 1.82) is 0 Å². The smallest absolute Gasteiger partial charge is 1.00 e. The fraction of sp³-hybridized carbons (Fsp3) is 0.0769. The van der Waals surface area contributed by atoms with Crippen molar-refractivity contribution in [2.45, 2.75) is 10.6 Å². The Labute approximate surface area is 201 Å². The van der Waals surface area contributed by atoms with E-state index in [4.69, 9.17) is 0 Å². The van der Waals surface area contributed by atoms with Crippen LogP contribution in [0.5, 0.6) is 0 Å². The molecule has 0 bridgehead atoms. The Morgan fingerprint density at radius 1 is 0.733 bits per heavy atom. The molecule has 3 aromatic rings. The van der Waals surface area contributed by atoms with Crippen molar-refractivity contribution in [2.75, 3.05) is 0 Å². The monoisotopic (exact) mass is 482 g/mol. The molecule has 0 aromatic heterocycles. The van der Waals surface area contributed by atoms with Crippen LogP contribution in [0.4, 0.5) is 0 Å². The van der Waals surface area contributed by atoms with Gasteiger partial charge in [0.25, 0.3) is 0 Å². The molecule has 5 rings (SSSR count). The van der Waals surface area contributed by atoms with Gasteiger partial charge in [-0.3, -0.25) is 0 Å². The van der Waals surface area contributed by atoms with E-state index in [9.17, 15) is 0 Å². The summed E-state index contributed by atoms with van der Waals surface area (Å²) >= 11 is -0.246. The van der Waals surface area contributed by atoms with Crippen molar-refractivity contribution < 1.29 is 44.0 Å². The molecule has 2 aliphatic rings. The second kappa shape index (κ2) is 10.8. The molecular weight excluding hydrogens is 462 g/mol. The largest absolute Gasteiger partial charge is 1.00 e. The maximum Gasteiger partial charge on any atom is -1.00 e. The Morgan fingerprint density at radius 2 is 1.33 bits per heavy atom. The van der Waals surface area contributed by atoms with Crippen molar-refractivity contribution in [3.8, 4) is 0 Å². The standard InChI is InChI=1S/C21H16P.C5H5.2ClH.Ti/c1-3-11-19(12-4-1)22(20-13-5-2-6-14-20)21-15-17-9-7-8-10-18(17)16-21;1-2-4-5-3-1;;;/h1-16H;1-3H,4H2;2*1H;/q;;;;+2/p-2. The summed E-state index contributed by atoms with van der Waals surface area (Å²) in [6.45, 7) is 0. The van der Waals surface area contributed by atoms with E-state index >= 15 is 0 Å². The molecule has 0 fully saturated rings. The Morgan fingerprint density at radius 3 is 1.93 bits per heavy atom. The molecule has 2 aliphatic carbocycles. The number of benzene rings is 3. The van der Waals surface area contributed by atoms with Gasteiger partial charge in [0.1, 0.15) is 0 Å². The molecule has 0 radical (unpaired) electrons. The first-order chi connectivity index (χ1) is 13.9. The van der Waals surface area contributed by atoms with Crippen molar-refractivity contribution in [3.05, 3.63) is 123 Å². The SMILES string of the molecule is C1=CC[C]([Ti+2][CH]2C(P(c3ccccc3)c3ccccc3)=Cc3ccccc32)=C1.[Cl-].[Cl-]. The van der Waals surface area contributed by atoms with E-state index in [2.05, 4.69) is 109 Å². The minimum Gasteiger partial charge on any atom is -1.00 e. The average Bonchev–Trinajstić information content (AvgIpc) is 3.39. The molecule has 1 atom stereocenters. The number of hydrogen-bond donors (Lipinski definition) is 0. The Hall–Kier alpha value is -1.40. The van der Waals surface area contributed by atoms with Gasteiger partial charge >= 0.3 is 178 Å². The summed E-state index contributed by atoms with van der Waals surface area (Å²) < 4.78 is 2.26. The van der Waals surface area contributed by atoms with Gasteiger partial charge in [-0.15, -0.1) is 0 Å². The van der Waals surface area contributed by atoms with E-state index in [1.165, 1.54) is 16.2 Å². The minimum absolute atomic E-state index is 0. The molecule has 1 unspecified atom stereocenters. The summed E-state index contributed by atoms with van der Waals surface area (Å²) in [6.07, 6.45) is 10.6. The first kappa shape index (κ1) is 23.3. The number of allylic oxidation sites excluding steroid dienone is 5. The van der Waals surface area contributed by atoms with Gasteiger partial charge in [-0.05, 0) is 0 Å². The fourth-order valence-corrected chi connectivity index (χ4v) is 9.63. The van der Waals surface area contributed by atoms with Crippen LogP contribution in [0.1, 0.15) is 21.8 Å². The summed E-state index contributed by atoms with van der Waals surface area (Å²) in [5.41, 5.74) is 2.97. The predicted octanol–water partition coefficient (Wildman–Crippen LogP) is 0.149. The molecule has 148 valence electrons. The van der Waals surface area contributed by atoms with E-state index in [1.54, 1.807) is 14.8 Å². The van der Waals surface area contributed by atoms with E-state index in [0.29, 0.717) is 4.22 Å². The van der Waals surface area contributed by atoms with Crippen LogP contribution in [0.3, 0.4) is 0 Å². The van der Waals surface area contributed by atoms with Crippen LogP contribution in [0.15, 0.2) is 112 Å². The second-order valence-corrected chi connectivity index (χ2v) is 11.7. The molecule has 4 heteroatoms. The zero-order valence-corrected chi connectivity index (χ0v) is 20.3. The summed E-state index contributed by atoms with van der Waals surface area (Å²) in [6, 6.07) is 31.3. The summed E-state index contributed by atoms with van der Waals surface area (Å²) in [7, 11) is -0.513. The Balaban J connectivity index is 0.00000128. The normalized spacial score (nSPS) is 16.1. The second-order valence-electron chi connectivity index (χ2n) is 7.11. The summed E-state index contributed by atoms with van der Waals surface area (Å²) in [4.78, 5) is 0. The van der Waals surface area contributed by atoms with Crippen LogP contribution >= 0.6 is 7.92 Å². The molecule has 30 heavy (non-hydrogen) atoms. The topological polar surface area (TPSA) is 0 Å². The quantitative estimate of drug-likeness (QED) is 0.359. The number of hydrogen-bond acceptors (Lipinski definition) is 0. The maximum absolute atomic E-state index is 2.51. The molecular formula is C26H21Cl2PTi. The van der Waals surface area contributed by atoms with Crippen LogP contribution in [0.2, 0.25) is 0 Å². The molecule has 3 aromatic carbocycles. The van der Waals surface area contributed by atoms with Gasteiger partial charge in [0.15, 0.2) is 0 Å². The van der Waals surface area contributed by atoms with Crippen LogP contribution in [-0.4, -0.2) is 0 Å². The summed E-state index contributed by atoms with van der Waals surface area (Å²) in [5.74, 6) is 0. The number of fused-ring (bicyclic) bond motifs is 1. The van der Waals surface area contributed by atoms with Crippen LogP contribution in [0.25, 0.3) is 6.08 Å². The van der Waals surface area contributed by atoms with E-state index in [-0.39, 0.29) is 44.0 Å². The van der Waals surface area contributed by atoms with Gasteiger partial charge in [-0.2, -0.15) is 0 Å². The molecule has 0 nitrogen and oxygen atoms in total. The third-order valence-corrected chi connectivity index (χ3v) is 10.8. The summed E-state index contributed by atoms with van der Waals surface area (Å²) in [5, 5.41) is 4.55. The van der Waals surface area contributed by atoms with Gasteiger partial charge in [0, 0.05) is 0 Å². The van der Waals surface area contributed by atoms with Crippen molar-refractivity contribution >= 4 is 24.6 Å². The first-order valence-electron chi connectivity index (χ1n) is 9.73. The van der Waals surface area contributed by atoms with E-state index in [0.717, 1.165) is 6.42 Å². The van der Waals surface area contributed by atoms with Crippen LogP contribution in [-0.2, 0) is 19.2 Å². The van der Waals surface area contributed by atoms with Crippen LogP contribution < -0.4 is 35.4 Å². The zero-order chi connectivity index (χ0) is 18.8. The molecule has 0 spiro atoms. The molecule has 0 aliphatic heterocycles. The maximum atomic E-state index is 2.51. The molecule has 0 saturated carbocycles. The molecule has 0 heterocycles. The molecule has 0 saturated heterocycles. The molecule has 0 N–H and O–H groups in total. The van der Waals surface area contributed by atoms with Gasteiger partial charge in [-0.25, -0.2) is 0 Å². The van der Waals surface area contributed by atoms with E-state index in [1.807, 2.05) is 0 Å². The Bertz CT molecular complexity index is 1030. The van der Waals surface area contributed by atoms with Gasteiger partial charge in [-0.1, -0.05) is 0 Å². The predicted molar refractivity (Wildman–Crippen MR) is 118 cm³/mol. The van der Waals surface area contributed by atoms with E-state index < -0.39 is 7.92 Å².